The molecule has 0 aromatic carbocycles. The zero-order valence-corrected chi connectivity index (χ0v) is 13.1. The van der Waals surface area contributed by atoms with Crippen molar-refractivity contribution < 1.29 is 9.59 Å². The van der Waals surface area contributed by atoms with Gasteiger partial charge in [-0.25, -0.2) is 15.9 Å². The molecule has 1 N–H and O–H groups in total. The maximum atomic E-state index is 12.0. The lowest BCUT2D eigenvalue weighted by atomic mass is 9.93. The number of nitrogens with zero attached hydrogens (tertiary/aromatic N) is 3. The van der Waals surface area contributed by atoms with Gasteiger partial charge in [-0.05, 0) is 31.1 Å². The van der Waals surface area contributed by atoms with E-state index in [0.29, 0.717) is 18.5 Å². The topological polar surface area (TPSA) is 76.9 Å². The molecule has 0 saturated carbocycles. The highest BCUT2D eigenvalue weighted by atomic mass is 32.2. The van der Waals surface area contributed by atoms with Crippen molar-refractivity contribution in [3.8, 4) is 0 Å². The van der Waals surface area contributed by atoms with E-state index in [9.17, 15) is 9.59 Å². The molecule has 3 rings (SSSR count). The SMILES string of the molecule is Cn1nc(C2CCC(=O)NC2=O)c2ccc([SH](C)C)nc21. The largest absolute Gasteiger partial charge is 0.296 e. The van der Waals surface area contributed by atoms with E-state index in [4.69, 9.17) is 0 Å². The molecule has 1 aliphatic heterocycles. The van der Waals surface area contributed by atoms with Crippen LogP contribution in [0.15, 0.2) is 17.2 Å². The summed E-state index contributed by atoms with van der Waals surface area (Å²) in [5.74, 6) is -0.841. The fourth-order valence-corrected chi connectivity index (χ4v) is 3.28. The Labute approximate surface area is 125 Å². The molecular formula is C14H18N4O2S. The lowest BCUT2D eigenvalue weighted by molar-refractivity contribution is -0.134. The zero-order chi connectivity index (χ0) is 15.1. The van der Waals surface area contributed by atoms with Gasteiger partial charge in [0, 0.05) is 18.9 Å². The number of nitrogens with one attached hydrogen (secondary N) is 1. The molecule has 0 radical (unpaired) electrons. The van der Waals surface area contributed by atoms with E-state index >= 15 is 0 Å². The number of carbonyl (C=O) groups is 2. The monoisotopic (exact) mass is 306 g/mol. The van der Waals surface area contributed by atoms with Crippen LogP contribution in [-0.4, -0.2) is 39.1 Å². The fraction of sp³-hybridized carbons (Fsp3) is 0.429. The van der Waals surface area contributed by atoms with Crippen molar-refractivity contribution in [2.24, 2.45) is 7.05 Å². The van der Waals surface area contributed by atoms with Crippen LogP contribution >= 0.6 is 10.9 Å². The Hall–Kier alpha value is -1.89. The van der Waals surface area contributed by atoms with Gasteiger partial charge >= 0.3 is 0 Å². The maximum Gasteiger partial charge on any atom is 0.235 e. The third kappa shape index (κ3) is 2.42. The van der Waals surface area contributed by atoms with Crippen molar-refractivity contribution in [1.82, 2.24) is 20.1 Å². The predicted octanol–water partition coefficient (Wildman–Crippen LogP) is 1.11. The molecule has 21 heavy (non-hydrogen) atoms. The number of rotatable bonds is 2. The van der Waals surface area contributed by atoms with Crippen molar-refractivity contribution in [2.75, 3.05) is 12.5 Å². The van der Waals surface area contributed by atoms with Crippen LogP contribution in [0.4, 0.5) is 0 Å². The van der Waals surface area contributed by atoms with Gasteiger partial charge in [0.05, 0.1) is 16.6 Å². The van der Waals surface area contributed by atoms with Crippen molar-refractivity contribution >= 4 is 33.7 Å². The second-order valence-corrected chi connectivity index (χ2v) is 7.69. The first-order valence-corrected chi connectivity index (χ1v) is 9.05. The summed E-state index contributed by atoms with van der Waals surface area (Å²) in [5, 5.41) is 8.83. The highest BCUT2D eigenvalue weighted by molar-refractivity contribution is 8.15. The molecule has 1 aliphatic rings. The summed E-state index contributed by atoms with van der Waals surface area (Å²) >= 11 is 0. The molecule has 6 nitrogen and oxygen atoms in total. The fourth-order valence-electron chi connectivity index (χ4n) is 2.61. The first-order valence-electron chi connectivity index (χ1n) is 6.82. The number of pyridine rings is 1. The number of piperidine rings is 1. The van der Waals surface area contributed by atoms with Crippen molar-refractivity contribution in [3.05, 3.63) is 17.8 Å². The quantitative estimate of drug-likeness (QED) is 0.643. The number of imide groups is 1. The average molecular weight is 306 g/mol. The van der Waals surface area contributed by atoms with Gasteiger partial charge in [0.25, 0.3) is 0 Å². The van der Waals surface area contributed by atoms with Gasteiger partial charge in [-0.3, -0.25) is 19.6 Å². The summed E-state index contributed by atoms with van der Waals surface area (Å²) in [7, 11) is 1.56. The van der Waals surface area contributed by atoms with Crippen LogP contribution in [0.25, 0.3) is 11.0 Å². The summed E-state index contributed by atoms with van der Waals surface area (Å²) in [4.78, 5) is 28.0. The predicted molar refractivity (Wildman–Crippen MR) is 82.7 cm³/mol. The van der Waals surface area contributed by atoms with Gasteiger partial charge in [0.2, 0.25) is 11.8 Å². The molecule has 2 aromatic heterocycles. The Bertz CT molecular complexity index is 738. The Morgan fingerprint density at radius 3 is 2.76 bits per heavy atom. The minimum absolute atomic E-state index is 0.209. The van der Waals surface area contributed by atoms with Crippen LogP contribution in [0.3, 0.4) is 0 Å². The van der Waals surface area contributed by atoms with Crippen LogP contribution < -0.4 is 5.32 Å². The molecule has 2 aromatic rings. The first-order chi connectivity index (χ1) is 9.97. The molecule has 1 atom stereocenters. The summed E-state index contributed by atoms with van der Waals surface area (Å²) in [6.45, 7) is 0. The van der Waals surface area contributed by atoms with E-state index in [1.54, 1.807) is 4.68 Å². The van der Waals surface area contributed by atoms with E-state index in [0.717, 1.165) is 16.1 Å². The Kier molecular flexibility index (Phi) is 3.44. The molecule has 7 heteroatoms. The van der Waals surface area contributed by atoms with Crippen molar-refractivity contribution in [1.29, 1.82) is 0 Å². The van der Waals surface area contributed by atoms with Gasteiger partial charge in [-0.15, -0.1) is 0 Å². The number of aromatic nitrogens is 3. The smallest absolute Gasteiger partial charge is 0.235 e. The first kappa shape index (κ1) is 14.1. The summed E-state index contributed by atoms with van der Waals surface area (Å²) in [6, 6.07) is 4.00. The standard InChI is InChI=1S/C14H18N4O2S/c1-18-13-8(5-7-11(16-13)21(2)3)12(17-18)9-4-6-10(19)15-14(9)20/h5,7,9,21H,4,6H2,1-3H3,(H,15,19,20). The highest BCUT2D eigenvalue weighted by Gasteiger charge is 2.31. The van der Waals surface area contributed by atoms with Gasteiger partial charge in [-0.2, -0.15) is 5.10 Å². The Balaban J connectivity index is 2.08. The van der Waals surface area contributed by atoms with Gasteiger partial charge in [0.1, 0.15) is 0 Å². The van der Waals surface area contributed by atoms with E-state index in [-0.39, 0.29) is 28.6 Å². The summed E-state index contributed by atoms with van der Waals surface area (Å²) in [6.07, 6.45) is 5.17. The van der Waals surface area contributed by atoms with Crippen LogP contribution in [0, 0.1) is 0 Å². The summed E-state index contributed by atoms with van der Waals surface area (Å²) in [5.41, 5.74) is 1.51. The highest BCUT2D eigenvalue weighted by Crippen LogP contribution is 2.32. The van der Waals surface area contributed by atoms with Crippen LogP contribution in [0.1, 0.15) is 24.5 Å². The van der Waals surface area contributed by atoms with Gasteiger partial charge < -0.3 is 0 Å². The normalized spacial score (nSPS) is 19.8. The third-order valence-electron chi connectivity index (χ3n) is 3.73. The van der Waals surface area contributed by atoms with Crippen molar-refractivity contribution in [3.63, 3.8) is 0 Å². The molecule has 0 spiro atoms. The Morgan fingerprint density at radius 2 is 2.10 bits per heavy atom. The molecule has 0 aliphatic carbocycles. The minimum Gasteiger partial charge on any atom is -0.296 e. The van der Waals surface area contributed by atoms with E-state index < -0.39 is 0 Å². The minimum atomic E-state index is -0.371. The second-order valence-electron chi connectivity index (χ2n) is 5.45. The average Bonchev–Trinajstić information content (AvgIpc) is 2.75. The Morgan fingerprint density at radius 1 is 1.33 bits per heavy atom. The molecule has 112 valence electrons. The molecule has 0 bridgehead atoms. The molecule has 3 heterocycles. The van der Waals surface area contributed by atoms with Crippen LogP contribution in [-0.2, 0) is 16.6 Å². The van der Waals surface area contributed by atoms with Gasteiger partial charge in [0.15, 0.2) is 5.65 Å². The lowest BCUT2D eigenvalue weighted by Gasteiger charge is -2.19. The van der Waals surface area contributed by atoms with E-state index in [2.05, 4.69) is 27.9 Å². The van der Waals surface area contributed by atoms with E-state index in [1.165, 1.54) is 0 Å². The zero-order valence-electron chi connectivity index (χ0n) is 12.3. The lowest BCUT2D eigenvalue weighted by Crippen LogP contribution is -2.39. The summed E-state index contributed by atoms with van der Waals surface area (Å²) < 4.78 is 1.72. The number of thiol groups is 1. The third-order valence-corrected chi connectivity index (χ3v) is 4.89. The second kappa shape index (κ2) is 5.14. The number of hydrogen-bond acceptors (Lipinski definition) is 4. The van der Waals surface area contributed by atoms with Crippen LogP contribution in [0.2, 0.25) is 0 Å². The van der Waals surface area contributed by atoms with Crippen LogP contribution in [0.5, 0.6) is 0 Å². The molecule has 1 unspecified atom stereocenters. The number of carbonyl (C=O) groups excluding carboxylic acids is 2. The molecular weight excluding hydrogens is 288 g/mol. The maximum absolute atomic E-state index is 12.0. The molecule has 1 fully saturated rings. The van der Waals surface area contributed by atoms with Gasteiger partial charge in [-0.1, -0.05) is 0 Å². The number of amides is 2. The number of aryl methyl sites for hydroxylation is 1. The number of hydrogen-bond donors (Lipinski definition) is 2. The number of fused-ring (bicyclic) bond motifs is 1. The van der Waals surface area contributed by atoms with Crippen molar-refractivity contribution in [2.45, 2.75) is 23.8 Å². The van der Waals surface area contributed by atoms with E-state index in [1.807, 2.05) is 19.2 Å². The molecule has 1 saturated heterocycles. The molecule has 2 amide bonds.